The molecule has 1 aromatic carbocycles. The van der Waals surface area contributed by atoms with E-state index in [0.29, 0.717) is 12.1 Å². The average Bonchev–Trinajstić information content (AvgIpc) is 2.68. The Kier molecular flexibility index (Phi) is 3.34. The molecule has 1 aliphatic rings. The largest absolute Gasteiger partial charge is 0.508 e. The summed E-state index contributed by atoms with van der Waals surface area (Å²) in [5, 5.41) is 9.63. The number of likely N-dealkylation sites (tertiary alicyclic amines) is 1. The predicted molar refractivity (Wildman–Crippen MR) is 62.6 cm³/mol. The zero-order chi connectivity index (χ0) is 11.5. The van der Waals surface area contributed by atoms with E-state index in [1.165, 1.54) is 0 Å². The molecule has 0 spiro atoms. The van der Waals surface area contributed by atoms with E-state index >= 15 is 0 Å². The fraction of sp³-hybridized carbons (Fsp3) is 0.417. The van der Waals surface area contributed by atoms with Crippen molar-refractivity contribution < 1.29 is 9.90 Å². The number of benzene rings is 1. The Labute approximate surface area is 99.6 Å². The van der Waals surface area contributed by atoms with Crippen LogP contribution < -0.4 is 0 Å². The predicted octanol–water partition coefficient (Wildman–Crippen LogP) is 1.77. The van der Waals surface area contributed by atoms with Crippen molar-refractivity contribution in [3.05, 3.63) is 29.8 Å². The highest BCUT2D eigenvalue weighted by molar-refractivity contribution is 6.21. The van der Waals surface area contributed by atoms with Gasteiger partial charge in [0.15, 0.2) is 0 Å². The van der Waals surface area contributed by atoms with Crippen LogP contribution in [0.4, 0.5) is 0 Å². The minimum absolute atomic E-state index is 0.0321. The van der Waals surface area contributed by atoms with Crippen LogP contribution in [0.3, 0.4) is 0 Å². The van der Waals surface area contributed by atoms with Gasteiger partial charge in [0, 0.05) is 18.7 Å². The van der Waals surface area contributed by atoms with Gasteiger partial charge in [-0.2, -0.15) is 0 Å². The van der Waals surface area contributed by atoms with Crippen LogP contribution in [0.5, 0.6) is 5.75 Å². The molecular formula is C12H14ClNO2. The summed E-state index contributed by atoms with van der Waals surface area (Å²) >= 11 is 5.94. The van der Waals surface area contributed by atoms with Crippen molar-refractivity contribution in [2.24, 2.45) is 0 Å². The maximum atomic E-state index is 11.9. The lowest BCUT2D eigenvalue weighted by Crippen LogP contribution is -2.30. The number of phenolic OH excluding ortho intramolecular Hbond substituents is 1. The summed E-state index contributed by atoms with van der Waals surface area (Å²) in [4.78, 5) is 13.6. The molecule has 1 saturated heterocycles. The van der Waals surface area contributed by atoms with Crippen LogP contribution in [-0.4, -0.2) is 34.4 Å². The van der Waals surface area contributed by atoms with Crippen molar-refractivity contribution in [1.29, 1.82) is 0 Å². The van der Waals surface area contributed by atoms with Gasteiger partial charge in [-0.05, 0) is 12.5 Å². The highest BCUT2D eigenvalue weighted by Crippen LogP contribution is 2.19. The van der Waals surface area contributed by atoms with E-state index in [9.17, 15) is 9.90 Å². The second-order valence-electron chi connectivity index (χ2n) is 4.03. The second kappa shape index (κ2) is 4.74. The molecule has 1 unspecified atom stereocenters. The van der Waals surface area contributed by atoms with Crippen LogP contribution in [-0.2, 0) is 11.2 Å². The number of phenols is 1. The molecule has 1 heterocycles. The lowest BCUT2D eigenvalue weighted by atomic mass is 10.1. The molecule has 1 amide bonds. The Bertz CT molecular complexity index is 394. The molecule has 1 aliphatic heterocycles. The highest BCUT2D eigenvalue weighted by atomic mass is 35.5. The maximum Gasteiger partial charge on any atom is 0.227 e. The third-order valence-corrected chi connectivity index (χ3v) is 3.17. The molecular weight excluding hydrogens is 226 g/mol. The monoisotopic (exact) mass is 239 g/mol. The summed E-state index contributed by atoms with van der Waals surface area (Å²) in [6, 6.07) is 6.92. The third-order valence-electron chi connectivity index (χ3n) is 2.82. The van der Waals surface area contributed by atoms with Gasteiger partial charge in [0.05, 0.1) is 11.8 Å². The van der Waals surface area contributed by atoms with Gasteiger partial charge in [-0.15, -0.1) is 11.6 Å². The maximum absolute atomic E-state index is 11.9. The molecule has 0 aliphatic carbocycles. The molecule has 0 aromatic heterocycles. The summed E-state index contributed by atoms with van der Waals surface area (Å²) < 4.78 is 0. The van der Waals surface area contributed by atoms with E-state index in [-0.39, 0.29) is 23.5 Å². The fourth-order valence-electron chi connectivity index (χ4n) is 1.88. The number of amides is 1. The van der Waals surface area contributed by atoms with Crippen molar-refractivity contribution in [1.82, 2.24) is 4.90 Å². The number of para-hydroxylation sites is 1. The van der Waals surface area contributed by atoms with Crippen LogP contribution in [0.2, 0.25) is 0 Å². The number of hydrogen-bond donors (Lipinski definition) is 1. The van der Waals surface area contributed by atoms with E-state index in [0.717, 1.165) is 13.0 Å². The van der Waals surface area contributed by atoms with Crippen LogP contribution in [0, 0.1) is 0 Å². The topological polar surface area (TPSA) is 40.5 Å². The molecule has 0 saturated carbocycles. The minimum atomic E-state index is 0.0321. The Morgan fingerprint density at radius 3 is 2.88 bits per heavy atom. The molecule has 1 aromatic rings. The van der Waals surface area contributed by atoms with Gasteiger partial charge in [-0.25, -0.2) is 0 Å². The van der Waals surface area contributed by atoms with Gasteiger partial charge in [0.2, 0.25) is 5.91 Å². The van der Waals surface area contributed by atoms with Crippen molar-refractivity contribution in [3.63, 3.8) is 0 Å². The first-order chi connectivity index (χ1) is 7.66. The Morgan fingerprint density at radius 2 is 2.25 bits per heavy atom. The fourth-order valence-corrected chi connectivity index (χ4v) is 2.14. The molecule has 3 nitrogen and oxygen atoms in total. The molecule has 0 bridgehead atoms. The van der Waals surface area contributed by atoms with E-state index in [4.69, 9.17) is 11.6 Å². The average molecular weight is 240 g/mol. The van der Waals surface area contributed by atoms with Crippen molar-refractivity contribution in [3.8, 4) is 5.75 Å². The quantitative estimate of drug-likeness (QED) is 0.800. The summed E-state index contributed by atoms with van der Waals surface area (Å²) in [6.45, 7) is 1.34. The first-order valence-electron chi connectivity index (χ1n) is 5.35. The van der Waals surface area contributed by atoms with Crippen molar-refractivity contribution >= 4 is 17.5 Å². The molecule has 1 fully saturated rings. The Balaban J connectivity index is 2.00. The Hall–Kier alpha value is -1.22. The molecule has 4 heteroatoms. The van der Waals surface area contributed by atoms with Gasteiger partial charge in [0.1, 0.15) is 5.75 Å². The first kappa shape index (κ1) is 11.3. The molecule has 1 atom stereocenters. The number of alkyl halides is 1. The lowest BCUT2D eigenvalue weighted by Gasteiger charge is -2.15. The van der Waals surface area contributed by atoms with E-state index in [1.54, 1.807) is 23.1 Å². The van der Waals surface area contributed by atoms with Gasteiger partial charge in [0.25, 0.3) is 0 Å². The van der Waals surface area contributed by atoms with E-state index in [2.05, 4.69) is 0 Å². The van der Waals surface area contributed by atoms with Gasteiger partial charge in [-0.1, -0.05) is 18.2 Å². The zero-order valence-electron chi connectivity index (χ0n) is 8.90. The summed E-state index contributed by atoms with van der Waals surface area (Å²) in [6.07, 6.45) is 1.10. The van der Waals surface area contributed by atoms with Crippen molar-refractivity contribution in [2.45, 2.75) is 18.2 Å². The summed E-state index contributed by atoms with van der Waals surface area (Å²) in [5.41, 5.74) is 0.672. The minimum Gasteiger partial charge on any atom is -0.508 e. The van der Waals surface area contributed by atoms with E-state index < -0.39 is 0 Å². The second-order valence-corrected chi connectivity index (χ2v) is 4.65. The van der Waals surface area contributed by atoms with Crippen LogP contribution in [0.15, 0.2) is 24.3 Å². The van der Waals surface area contributed by atoms with E-state index in [1.807, 2.05) is 6.07 Å². The lowest BCUT2D eigenvalue weighted by molar-refractivity contribution is -0.129. The number of nitrogens with zero attached hydrogens (tertiary/aromatic N) is 1. The highest BCUT2D eigenvalue weighted by Gasteiger charge is 2.24. The molecule has 1 N–H and O–H groups in total. The Morgan fingerprint density at radius 1 is 1.50 bits per heavy atom. The standard InChI is InChI=1S/C12H14ClNO2/c13-10-5-6-14(8-10)12(16)7-9-3-1-2-4-11(9)15/h1-4,10,15H,5-8H2. The first-order valence-corrected chi connectivity index (χ1v) is 5.79. The van der Waals surface area contributed by atoms with Gasteiger partial charge in [-0.3, -0.25) is 4.79 Å². The molecule has 0 radical (unpaired) electrons. The van der Waals surface area contributed by atoms with Gasteiger partial charge < -0.3 is 10.0 Å². The van der Waals surface area contributed by atoms with Gasteiger partial charge >= 0.3 is 0 Å². The third kappa shape index (κ3) is 2.47. The van der Waals surface area contributed by atoms with Crippen molar-refractivity contribution in [2.75, 3.05) is 13.1 Å². The van der Waals surface area contributed by atoms with Crippen LogP contribution >= 0.6 is 11.6 Å². The molecule has 16 heavy (non-hydrogen) atoms. The number of halogens is 1. The summed E-state index contributed by atoms with van der Waals surface area (Å²) in [5.74, 6) is 0.210. The van der Waals surface area contributed by atoms with Crippen LogP contribution in [0.25, 0.3) is 0 Å². The number of carbonyl (C=O) groups is 1. The SMILES string of the molecule is O=C(Cc1ccccc1O)N1CCC(Cl)C1. The number of rotatable bonds is 2. The number of hydrogen-bond acceptors (Lipinski definition) is 2. The zero-order valence-corrected chi connectivity index (χ0v) is 9.65. The number of carbonyl (C=O) groups excluding carboxylic acids is 1. The number of aromatic hydroxyl groups is 1. The molecule has 86 valence electrons. The summed E-state index contributed by atoms with van der Waals surface area (Å²) in [7, 11) is 0. The smallest absolute Gasteiger partial charge is 0.227 e. The molecule has 2 rings (SSSR count). The normalized spacial score (nSPS) is 20.1. The van der Waals surface area contributed by atoms with Crippen LogP contribution in [0.1, 0.15) is 12.0 Å².